The molecule has 0 N–H and O–H groups in total. The summed E-state index contributed by atoms with van der Waals surface area (Å²) in [5.74, 6) is -0.327. The zero-order valence-electron chi connectivity index (χ0n) is 18.5. The maximum absolute atomic E-state index is 13.0. The van der Waals surface area contributed by atoms with Crippen molar-refractivity contribution in [1.82, 2.24) is 14.7 Å². The van der Waals surface area contributed by atoms with Gasteiger partial charge in [0, 0.05) is 45.0 Å². The molecule has 0 aromatic heterocycles. The quantitative estimate of drug-likeness (QED) is 0.578. The van der Waals surface area contributed by atoms with Gasteiger partial charge in [-0.3, -0.25) is 24.2 Å². The SMILES string of the molecule is CCOC(=O)CN(C(=O)CN1CCN(CC(=O)N2CCCCC2)CC1)c1ccccc1. The molecule has 2 amide bonds. The van der Waals surface area contributed by atoms with Crippen molar-refractivity contribution in [1.29, 1.82) is 0 Å². The van der Waals surface area contributed by atoms with E-state index in [2.05, 4.69) is 9.80 Å². The Hall–Kier alpha value is -2.45. The Balaban J connectivity index is 1.49. The van der Waals surface area contributed by atoms with E-state index in [1.807, 2.05) is 35.2 Å². The van der Waals surface area contributed by atoms with Gasteiger partial charge in [-0.25, -0.2) is 0 Å². The fourth-order valence-corrected chi connectivity index (χ4v) is 4.08. The molecule has 170 valence electrons. The second-order valence-corrected chi connectivity index (χ2v) is 8.11. The zero-order chi connectivity index (χ0) is 22.1. The highest BCUT2D eigenvalue weighted by molar-refractivity contribution is 5.98. The Morgan fingerprint density at radius 3 is 2.10 bits per heavy atom. The van der Waals surface area contributed by atoms with Gasteiger partial charge in [-0.05, 0) is 38.3 Å². The average molecular weight is 431 g/mol. The summed E-state index contributed by atoms with van der Waals surface area (Å²) in [4.78, 5) is 45.3. The summed E-state index contributed by atoms with van der Waals surface area (Å²) in [7, 11) is 0. The standard InChI is InChI=1S/C23H34N4O4/c1-2-31-23(30)19-27(20-9-5-3-6-10-20)22(29)18-25-15-13-24(14-16-25)17-21(28)26-11-7-4-8-12-26/h3,5-6,9-10H,2,4,7-8,11-19H2,1H3. The monoisotopic (exact) mass is 430 g/mol. The van der Waals surface area contributed by atoms with Crippen molar-refractivity contribution in [3.05, 3.63) is 30.3 Å². The van der Waals surface area contributed by atoms with Crippen molar-refractivity contribution in [2.45, 2.75) is 26.2 Å². The van der Waals surface area contributed by atoms with Crippen molar-refractivity contribution in [3.8, 4) is 0 Å². The van der Waals surface area contributed by atoms with Crippen LogP contribution in [0.4, 0.5) is 5.69 Å². The van der Waals surface area contributed by atoms with E-state index >= 15 is 0 Å². The molecule has 1 aromatic rings. The van der Waals surface area contributed by atoms with Gasteiger partial charge in [0.1, 0.15) is 6.54 Å². The molecule has 0 unspecified atom stereocenters. The molecule has 3 rings (SSSR count). The Kier molecular flexibility index (Phi) is 8.85. The molecule has 2 heterocycles. The lowest BCUT2D eigenvalue weighted by atomic mass is 10.1. The molecule has 0 bridgehead atoms. The first-order chi connectivity index (χ1) is 15.1. The van der Waals surface area contributed by atoms with E-state index in [1.54, 1.807) is 6.92 Å². The molecule has 2 fully saturated rings. The topological polar surface area (TPSA) is 73.4 Å². The van der Waals surface area contributed by atoms with Crippen LogP contribution in [0, 0.1) is 0 Å². The third kappa shape index (κ3) is 7.04. The molecule has 1 aromatic carbocycles. The molecular weight excluding hydrogens is 396 g/mol. The number of rotatable bonds is 8. The molecule has 0 radical (unpaired) electrons. The van der Waals surface area contributed by atoms with Gasteiger partial charge in [0.25, 0.3) is 0 Å². The molecule has 2 aliphatic heterocycles. The van der Waals surface area contributed by atoms with E-state index in [-0.39, 0.29) is 31.5 Å². The first-order valence-electron chi connectivity index (χ1n) is 11.3. The van der Waals surface area contributed by atoms with Gasteiger partial charge < -0.3 is 14.5 Å². The average Bonchev–Trinajstić information content (AvgIpc) is 2.80. The van der Waals surface area contributed by atoms with E-state index in [9.17, 15) is 14.4 Å². The van der Waals surface area contributed by atoms with E-state index in [0.29, 0.717) is 12.2 Å². The fraction of sp³-hybridized carbons (Fsp3) is 0.609. The lowest BCUT2D eigenvalue weighted by Gasteiger charge is -2.36. The molecule has 0 aliphatic carbocycles. The van der Waals surface area contributed by atoms with Crippen LogP contribution in [0.25, 0.3) is 0 Å². The third-order valence-corrected chi connectivity index (χ3v) is 5.85. The molecule has 31 heavy (non-hydrogen) atoms. The van der Waals surface area contributed by atoms with Crippen LogP contribution in [-0.4, -0.2) is 98.0 Å². The number of carbonyl (C=O) groups is 3. The van der Waals surface area contributed by atoms with Gasteiger partial charge in [0.15, 0.2) is 0 Å². The first-order valence-corrected chi connectivity index (χ1v) is 11.3. The van der Waals surface area contributed by atoms with E-state index in [0.717, 1.165) is 52.1 Å². The highest BCUT2D eigenvalue weighted by Crippen LogP contribution is 2.15. The lowest BCUT2D eigenvalue weighted by molar-refractivity contribution is -0.142. The number of likely N-dealkylation sites (tertiary alicyclic amines) is 1. The third-order valence-electron chi connectivity index (χ3n) is 5.85. The number of hydrogen-bond acceptors (Lipinski definition) is 6. The van der Waals surface area contributed by atoms with Crippen LogP contribution >= 0.6 is 0 Å². The Morgan fingerprint density at radius 1 is 0.871 bits per heavy atom. The van der Waals surface area contributed by atoms with Gasteiger partial charge in [-0.2, -0.15) is 0 Å². The summed E-state index contributed by atoms with van der Waals surface area (Å²) < 4.78 is 5.05. The minimum Gasteiger partial charge on any atom is -0.465 e. The van der Waals surface area contributed by atoms with Crippen LogP contribution in [0.1, 0.15) is 26.2 Å². The number of esters is 1. The summed E-state index contributed by atoms with van der Waals surface area (Å²) in [6, 6.07) is 9.21. The van der Waals surface area contributed by atoms with Gasteiger partial charge in [0.05, 0.1) is 19.7 Å². The minimum absolute atomic E-state index is 0.0962. The number of nitrogens with zero attached hydrogens (tertiary/aromatic N) is 4. The number of piperidine rings is 1. The molecule has 2 saturated heterocycles. The zero-order valence-corrected chi connectivity index (χ0v) is 18.5. The van der Waals surface area contributed by atoms with Crippen molar-refractivity contribution in [2.24, 2.45) is 0 Å². The number of hydrogen-bond donors (Lipinski definition) is 0. The number of ether oxygens (including phenoxy) is 1. The Labute approximate surface area is 184 Å². The molecule has 8 heteroatoms. The summed E-state index contributed by atoms with van der Waals surface area (Å²) in [5, 5.41) is 0. The van der Waals surface area contributed by atoms with Gasteiger partial charge in [-0.1, -0.05) is 18.2 Å². The molecular formula is C23H34N4O4. The maximum atomic E-state index is 13.0. The number of amides is 2. The van der Waals surface area contributed by atoms with Crippen molar-refractivity contribution < 1.29 is 19.1 Å². The molecule has 0 atom stereocenters. The van der Waals surface area contributed by atoms with Crippen LogP contribution < -0.4 is 4.90 Å². The normalized spacial score (nSPS) is 17.9. The number of piperazine rings is 1. The molecule has 0 saturated carbocycles. The van der Waals surface area contributed by atoms with Crippen LogP contribution in [-0.2, 0) is 19.1 Å². The van der Waals surface area contributed by atoms with Crippen molar-refractivity contribution >= 4 is 23.5 Å². The summed E-state index contributed by atoms with van der Waals surface area (Å²) >= 11 is 0. The largest absolute Gasteiger partial charge is 0.465 e. The number of carbonyl (C=O) groups excluding carboxylic acids is 3. The number of anilines is 1. The molecule has 0 spiro atoms. The van der Waals surface area contributed by atoms with Crippen LogP contribution in [0.2, 0.25) is 0 Å². The Morgan fingerprint density at radius 2 is 1.48 bits per heavy atom. The maximum Gasteiger partial charge on any atom is 0.326 e. The Bertz CT molecular complexity index is 728. The lowest BCUT2D eigenvalue weighted by Crippen LogP contribution is -2.53. The molecule has 2 aliphatic rings. The van der Waals surface area contributed by atoms with Crippen LogP contribution in [0.3, 0.4) is 0 Å². The van der Waals surface area contributed by atoms with E-state index < -0.39 is 5.97 Å². The second kappa shape index (κ2) is 11.8. The summed E-state index contributed by atoms with van der Waals surface area (Å²) in [5.41, 5.74) is 0.686. The minimum atomic E-state index is -0.416. The van der Waals surface area contributed by atoms with Crippen LogP contribution in [0.5, 0.6) is 0 Å². The highest BCUT2D eigenvalue weighted by atomic mass is 16.5. The highest BCUT2D eigenvalue weighted by Gasteiger charge is 2.26. The van der Waals surface area contributed by atoms with Crippen molar-refractivity contribution in [3.63, 3.8) is 0 Å². The van der Waals surface area contributed by atoms with Crippen molar-refractivity contribution in [2.75, 3.05) is 70.4 Å². The summed E-state index contributed by atoms with van der Waals surface area (Å²) in [6.07, 6.45) is 3.42. The second-order valence-electron chi connectivity index (χ2n) is 8.11. The summed E-state index contributed by atoms with van der Waals surface area (Å²) in [6.45, 7) is 7.36. The smallest absolute Gasteiger partial charge is 0.326 e. The predicted octanol–water partition coefficient (Wildman–Crippen LogP) is 1.21. The van der Waals surface area contributed by atoms with Crippen LogP contribution in [0.15, 0.2) is 30.3 Å². The van der Waals surface area contributed by atoms with Gasteiger partial charge in [0.2, 0.25) is 11.8 Å². The van der Waals surface area contributed by atoms with Gasteiger partial charge in [-0.15, -0.1) is 0 Å². The predicted molar refractivity (Wildman–Crippen MR) is 119 cm³/mol. The molecule has 8 nitrogen and oxygen atoms in total. The van der Waals surface area contributed by atoms with Gasteiger partial charge >= 0.3 is 5.97 Å². The van der Waals surface area contributed by atoms with E-state index in [4.69, 9.17) is 4.74 Å². The number of benzene rings is 1. The fourth-order valence-electron chi connectivity index (χ4n) is 4.08. The number of para-hydroxylation sites is 1. The first kappa shape index (κ1) is 23.2. The van der Waals surface area contributed by atoms with E-state index in [1.165, 1.54) is 11.3 Å².